The Kier molecular flexibility index (Phi) is 5.56. The van der Waals surface area contributed by atoms with Gasteiger partial charge in [-0.2, -0.15) is 0 Å². The molecule has 0 atom stereocenters. The Morgan fingerprint density at radius 3 is 2.41 bits per heavy atom. The van der Waals surface area contributed by atoms with Gasteiger partial charge in [-0.15, -0.1) is 11.3 Å². The fraction of sp³-hybridized carbons (Fsp3) is 0.190. The van der Waals surface area contributed by atoms with E-state index in [1.807, 2.05) is 26.2 Å². The van der Waals surface area contributed by atoms with Crippen LogP contribution in [0.2, 0.25) is 0 Å². The molecule has 0 fully saturated rings. The van der Waals surface area contributed by atoms with E-state index in [4.69, 9.17) is 4.74 Å². The molecule has 0 aliphatic rings. The molecular weight excluding hydrogens is 368 g/mol. The van der Waals surface area contributed by atoms with Gasteiger partial charge in [-0.05, 0) is 55.5 Å². The van der Waals surface area contributed by atoms with Gasteiger partial charge in [0.1, 0.15) is 12.4 Å². The van der Waals surface area contributed by atoms with Gasteiger partial charge in [0.05, 0.1) is 4.88 Å². The van der Waals surface area contributed by atoms with Crippen LogP contribution in [0.1, 0.15) is 31.9 Å². The average Bonchev–Trinajstić information content (AvgIpc) is 3.06. The van der Waals surface area contributed by atoms with E-state index in [1.165, 1.54) is 23.0 Å². The van der Waals surface area contributed by atoms with Gasteiger partial charge < -0.3 is 10.1 Å². The number of anilines is 1. The Morgan fingerprint density at radius 2 is 1.74 bits per heavy atom. The summed E-state index contributed by atoms with van der Waals surface area (Å²) in [6.07, 6.45) is 0. The van der Waals surface area contributed by atoms with E-state index in [9.17, 15) is 13.6 Å². The highest BCUT2D eigenvalue weighted by atomic mass is 32.1. The Labute approximate surface area is 160 Å². The molecule has 1 heterocycles. The first-order valence-corrected chi connectivity index (χ1v) is 9.26. The number of hydrogen-bond donors (Lipinski definition) is 1. The zero-order valence-electron chi connectivity index (χ0n) is 15.2. The number of ether oxygens (including phenoxy) is 1. The van der Waals surface area contributed by atoms with Crippen LogP contribution < -0.4 is 10.1 Å². The van der Waals surface area contributed by atoms with E-state index < -0.39 is 11.6 Å². The highest BCUT2D eigenvalue weighted by molar-refractivity contribution is 7.12. The number of thiophene rings is 1. The summed E-state index contributed by atoms with van der Waals surface area (Å²) in [5.74, 6) is -1.48. The lowest BCUT2D eigenvalue weighted by atomic mass is 10.1. The molecule has 0 radical (unpaired) electrons. The van der Waals surface area contributed by atoms with Crippen molar-refractivity contribution in [2.45, 2.75) is 27.4 Å². The molecule has 3 nitrogen and oxygen atoms in total. The van der Waals surface area contributed by atoms with Gasteiger partial charge >= 0.3 is 0 Å². The summed E-state index contributed by atoms with van der Waals surface area (Å²) in [7, 11) is 0. The van der Waals surface area contributed by atoms with Crippen LogP contribution in [-0.2, 0) is 6.61 Å². The Morgan fingerprint density at radius 1 is 1.04 bits per heavy atom. The molecule has 3 rings (SSSR count). The van der Waals surface area contributed by atoms with Crippen LogP contribution in [0.25, 0.3) is 0 Å². The second kappa shape index (κ2) is 7.88. The van der Waals surface area contributed by atoms with Crippen molar-refractivity contribution in [2.24, 2.45) is 0 Å². The summed E-state index contributed by atoms with van der Waals surface area (Å²) in [5, 5.41) is 4.41. The van der Waals surface area contributed by atoms with E-state index in [2.05, 4.69) is 17.4 Å². The molecule has 6 heteroatoms. The average molecular weight is 387 g/mol. The smallest absolute Gasteiger partial charge is 0.265 e. The van der Waals surface area contributed by atoms with E-state index in [1.54, 1.807) is 6.07 Å². The van der Waals surface area contributed by atoms with E-state index >= 15 is 0 Å². The normalized spacial score (nSPS) is 10.7. The van der Waals surface area contributed by atoms with Crippen molar-refractivity contribution in [3.63, 3.8) is 0 Å². The first-order chi connectivity index (χ1) is 12.8. The number of hydrogen-bond acceptors (Lipinski definition) is 3. The fourth-order valence-electron chi connectivity index (χ4n) is 2.89. The predicted octanol–water partition coefficient (Wildman–Crippen LogP) is 5.78. The summed E-state index contributed by atoms with van der Waals surface area (Å²) >= 11 is 1.27. The number of rotatable bonds is 5. The molecule has 2 aromatic carbocycles. The zero-order chi connectivity index (χ0) is 19.6. The molecule has 0 saturated heterocycles. The van der Waals surface area contributed by atoms with Gasteiger partial charge in [0.2, 0.25) is 0 Å². The third-order valence-electron chi connectivity index (χ3n) is 4.04. The lowest BCUT2D eigenvalue weighted by molar-refractivity contribution is 0.103. The second-order valence-corrected chi connectivity index (χ2v) is 7.33. The first-order valence-electron chi connectivity index (χ1n) is 8.38. The largest absolute Gasteiger partial charge is 0.488 e. The molecule has 0 saturated carbocycles. The van der Waals surface area contributed by atoms with Crippen molar-refractivity contribution >= 4 is 22.9 Å². The number of benzene rings is 2. The van der Waals surface area contributed by atoms with E-state index in [0.29, 0.717) is 11.5 Å². The molecular formula is C21H19F2NO2S. The van der Waals surface area contributed by atoms with Crippen LogP contribution >= 0.6 is 11.3 Å². The number of carbonyl (C=O) groups is 1. The van der Waals surface area contributed by atoms with Crippen molar-refractivity contribution < 1.29 is 18.3 Å². The summed E-state index contributed by atoms with van der Waals surface area (Å²) in [6, 6.07) is 9.11. The molecule has 1 N–H and O–H groups in total. The van der Waals surface area contributed by atoms with Crippen LogP contribution in [0, 0.1) is 32.4 Å². The molecule has 0 unspecified atom stereocenters. The maximum absolute atomic E-state index is 13.2. The van der Waals surface area contributed by atoms with Gasteiger partial charge in [-0.3, -0.25) is 4.79 Å². The number of halogens is 2. The topological polar surface area (TPSA) is 38.3 Å². The van der Waals surface area contributed by atoms with Crippen molar-refractivity contribution in [3.05, 3.63) is 80.5 Å². The van der Waals surface area contributed by atoms with Gasteiger partial charge in [0, 0.05) is 17.3 Å². The Bertz CT molecular complexity index is 975. The van der Waals surface area contributed by atoms with Crippen molar-refractivity contribution in [1.29, 1.82) is 0 Å². The fourth-order valence-corrected chi connectivity index (χ4v) is 3.68. The van der Waals surface area contributed by atoms with Gasteiger partial charge in [-0.1, -0.05) is 17.7 Å². The highest BCUT2D eigenvalue weighted by Crippen LogP contribution is 2.26. The molecule has 0 bridgehead atoms. The lowest BCUT2D eigenvalue weighted by Gasteiger charge is -2.12. The summed E-state index contributed by atoms with van der Waals surface area (Å²) in [6.45, 7) is 6.40. The molecule has 0 aliphatic heterocycles. The number of nitrogens with one attached hydrogen (secondary N) is 1. The van der Waals surface area contributed by atoms with Crippen molar-refractivity contribution in [3.8, 4) is 5.75 Å². The van der Waals surface area contributed by atoms with E-state index in [-0.39, 0.29) is 11.6 Å². The number of amides is 1. The maximum Gasteiger partial charge on any atom is 0.265 e. The van der Waals surface area contributed by atoms with Crippen LogP contribution in [0.4, 0.5) is 14.5 Å². The standard InChI is InChI=1S/C21H19F2NO2S/c1-12-6-13(2)20(14(3)7-12)26-10-15-8-19(27-11-15)21(25)24-16-4-5-17(22)18(23)9-16/h4-9,11H,10H2,1-3H3,(H,24,25). The molecule has 0 spiro atoms. The van der Waals surface area contributed by atoms with E-state index in [0.717, 1.165) is 34.6 Å². The molecule has 1 amide bonds. The summed E-state index contributed by atoms with van der Waals surface area (Å²) < 4.78 is 32.1. The van der Waals surface area contributed by atoms with Gasteiger partial charge in [0.15, 0.2) is 11.6 Å². The van der Waals surface area contributed by atoms with Crippen molar-refractivity contribution in [2.75, 3.05) is 5.32 Å². The number of aryl methyl sites for hydroxylation is 3. The van der Waals surface area contributed by atoms with Gasteiger partial charge in [0.25, 0.3) is 5.91 Å². The molecule has 0 aliphatic carbocycles. The minimum atomic E-state index is -1.00. The van der Waals surface area contributed by atoms with Crippen molar-refractivity contribution in [1.82, 2.24) is 0 Å². The van der Waals surface area contributed by atoms with Crippen LogP contribution in [0.15, 0.2) is 41.8 Å². The molecule has 1 aromatic heterocycles. The number of carbonyl (C=O) groups excluding carboxylic acids is 1. The third-order valence-corrected chi connectivity index (χ3v) is 5.02. The minimum absolute atomic E-state index is 0.205. The first kappa shape index (κ1) is 19.0. The van der Waals surface area contributed by atoms with Crippen LogP contribution in [-0.4, -0.2) is 5.91 Å². The van der Waals surface area contributed by atoms with Crippen LogP contribution in [0.3, 0.4) is 0 Å². The monoisotopic (exact) mass is 387 g/mol. The lowest BCUT2D eigenvalue weighted by Crippen LogP contribution is -2.10. The minimum Gasteiger partial charge on any atom is -0.488 e. The second-order valence-electron chi connectivity index (χ2n) is 6.42. The zero-order valence-corrected chi connectivity index (χ0v) is 16.0. The summed E-state index contributed by atoms with van der Waals surface area (Å²) in [5.41, 5.74) is 4.40. The summed E-state index contributed by atoms with van der Waals surface area (Å²) in [4.78, 5) is 12.8. The van der Waals surface area contributed by atoms with Crippen LogP contribution in [0.5, 0.6) is 5.75 Å². The highest BCUT2D eigenvalue weighted by Gasteiger charge is 2.12. The predicted molar refractivity (Wildman–Crippen MR) is 104 cm³/mol. The third kappa shape index (κ3) is 4.52. The Hall–Kier alpha value is -2.73. The molecule has 27 heavy (non-hydrogen) atoms. The maximum atomic E-state index is 13.2. The SMILES string of the molecule is Cc1cc(C)c(OCc2csc(C(=O)Nc3ccc(F)c(F)c3)c2)c(C)c1. The quantitative estimate of drug-likeness (QED) is 0.602. The molecule has 3 aromatic rings. The Balaban J connectivity index is 1.66. The van der Waals surface area contributed by atoms with Gasteiger partial charge in [-0.25, -0.2) is 8.78 Å². The molecule has 140 valence electrons.